The minimum absolute atomic E-state index is 0.148. The molecule has 174 valence electrons. The minimum Gasteiger partial charge on any atom is -0.490 e. The summed E-state index contributed by atoms with van der Waals surface area (Å²) in [6, 6.07) is 21.3. The fourth-order valence-corrected chi connectivity index (χ4v) is 4.30. The Morgan fingerprint density at radius 3 is 2.50 bits per heavy atom. The normalized spacial score (nSPS) is 14.3. The van der Waals surface area contributed by atoms with E-state index in [1.54, 1.807) is 19.1 Å². The number of hydrogen-bond donors (Lipinski definition) is 0. The number of nitrogens with zero attached hydrogens (tertiary/aromatic N) is 1. The number of fused-ring (bicyclic) bond motifs is 3. The van der Waals surface area contributed by atoms with Crippen LogP contribution in [-0.4, -0.2) is 18.2 Å². The summed E-state index contributed by atoms with van der Waals surface area (Å²) < 4.78 is 23.9. The van der Waals surface area contributed by atoms with Gasteiger partial charge in [0.1, 0.15) is 23.8 Å². The summed E-state index contributed by atoms with van der Waals surface area (Å²) in [5.74, 6) is 2.36. The number of para-hydroxylation sites is 2. The molecule has 6 nitrogen and oxygen atoms in total. The van der Waals surface area contributed by atoms with Crippen molar-refractivity contribution in [1.29, 1.82) is 0 Å². The highest BCUT2D eigenvalue weighted by molar-refractivity contribution is 5.83. The first-order valence-corrected chi connectivity index (χ1v) is 11.5. The highest BCUT2D eigenvalue weighted by Gasteiger charge is 2.27. The summed E-state index contributed by atoms with van der Waals surface area (Å²) in [7, 11) is 0. The van der Waals surface area contributed by atoms with Crippen molar-refractivity contribution in [2.45, 2.75) is 33.4 Å². The van der Waals surface area contributed by atoms with Crippen molar-refractivity contribution in [3.8, 4) is 23.0 Å². The second kappa shape index (κ2) is 9.23. The molecule has 4 aromatic rings. The van der Waals surface area contributed by atoms with Crippen LogP contribution in [0.5, 0.6) is 23.0 Å². The Labute approximate surface area is 198 Å². The molecule has 6 heteroatoms. The van der Waals surface area contributed by atoms with Crippen molar-refractivity contribution in [3.63, 3.8) is 0 Å². The third-order valence-electron chi connectivity index (χ3n) is 6.18. The van der Waals surface area contributed by atoms with Gasteiger partial charge in [0.2, 0.25) is 11.2 Å². The number of hydrogen-bond acceptors (Lipinski definition) is 6. The van der Waals surface area contributed by atoms with Gasteiger partial charge < -0.3 is 18.6 Å². The molecular weight excluding hydrogens is 430 g/mol. The highest BCUT2D eigenvalue weighted by Crippen LogP contribution is 2.37. The molecule has 3 aromatic carbocycles. The maximum atomic E-state index is 13.5. The molecule has 1 unspecified atom stereocenters. The molecule has 34 heavy (non-hydrogen) atoms. The molecule has 0 bridgehead atoms. The summed E-state index contributed by atoms with van der Waals surface area (Å²) >= 11 is 0. The van der Waals surface area contributed by atoms with Gasteiger partial charge in [-0.25, -0.2) is 0 Å². The lowest BCUT2D eigenvalue weighted by Crippen LogP contribution is -2.34. The van der Waals surface area contributed by atoms with E-state index in [1.165, 1.54) is 5.56 Å². The van der Waals surface area contributed by atoms with Crippen molar-refractivity contribution in [2.24, 2.45) is 0 Å². The summed E-state index contributed by atoms with van der Waals surface area (Å²) in [5.41, 5.74) is 2.39. The zero-order valence-corrected chi connectivity index (χ0v) is 19.5. The average molecular weight is 458 g/mol. The maximum absolute atomic E-state index is 13.5. The fraction of sp³-hybridized carbons (Fsp3) is 0.250. The molecule has 0 radical (unpaired) electrons. The van der Waals surface area contributed by atoms with Crippen LogP contribution in [-0.2, 0) is 6.54 Å². The standard InChI is InChI=1S/C28H27NO5/c1-4-31-24-12-8-9-13-25(24)34-27-19(3)33-28-21(26(27)30)14-15-23-22(28)16-29(17-32-23)18(2)20-10-6-5-7-11-20/h5-15,18H,4,16-17H2,1-3H3. The Balaban J connectivity index is 1.53. The highest BCUT2D eigenvalue weighted by atomic mass is 16.5. The molecular formula is C28H27NO5. The first kappa shape index (κ1) is 22.0. The number of aryl methyl sites for hydroxylation is 1. The average Bonchev–Trinajstić information content (AvgIpc) is 2.87. The van der Waals surface area contributed by atoms with E-state index in [2.05, 4.69) is 24.0 Å². The minimum atomic E-state index is -0.221. The number of ether oxygens (including phenoxy) is 3. The largest absolute Gasteiger partial charge is 0.490 e. The molecule has 0 fully saturated rings. The predicted octanol–water partition coefficient (Wildman–Crippen LogP) is 6.21. The zero-order valence-electron chi connectivity index (χ0n) is 19.5. The molecule has 0 saturated carbocycles. The zero-order chi connectivity index (χ0) is 23.7. The van der Waals surface area contributed by atoms with Crippen molar-refractivity contribution in [2.75, 3.05) is 13.3 Å². The smallest absolute Gasteiger partial charge is 0.235 e. The molecule has 1 aliphatic rings. The van der Waals surface area contributed by atoms with E-state index in [-0.39, 0.29) is 17.2 Å². The molecule has 0 saturated heterocycles. The van der Waals surface area contributed by atoms with Gasteiger partial charge in [0.15, 0.2) is 11.5 Å². The number of rotatable bonds is 6. The molecule has 0 aliphatic carbocycles. The molecule has 5 rings (SSSR count). The Morgan fingerprint density at radius 1 is 1.00 bits per heavy atom. The Hall–Kier alpha value is -3.77. The van der Waals surface area contributed by atoms with E-state index in [0.717, 1.165) is 11.3 Å². The third-order valence-corrected chi connectivity index (χ3v) is 6.18. The van der Waals surface area contributed by atoms with Crippen LogP contribution in [0, 0.1) is 6.92 Å². The monoisotopic (exact) mass is 457 g/mol. The van der Waals surface area contributed by atoms with Gasteiger partial charge in [-0.2, -0.15) is 0 Å². The van der Waals surface area contributed by atoms with E-state index >= 15 is 0 Å². The quantitative estimate of drug-likeness (QED) is 0.343. The van der Waals surface area contributed by atoms with E-state index in [9.17, 15) is 4.79 Å². The van der Waals surface area contributed by atoms with Crippen molar-refractivity contribution in [1.82, 2.24) is 4.90 Å². The first-order valence-electron chi connectivity index (χ1n) is 11.5. The molecule has 0 spiro atoms. The van der Waals surface area contributed by atoms with Crippen molar-refractivity contribution >= 4 is 11.0 Å². The summed E-state index contributed by atoms with van der Waals surface area (Å²) in [6.07, 6.45) is 0. The van der Waals surface area contributed by atoms with E-state index in [1.807, 2.05) is 49.4 Å². The lowest BCUT2D eigenvalue weighted by Gasteiger charge is -2.34. The van der Waals surface area contributed by atoms with Crippen LogP contribution < -0.4 is 19.6 Å². The van der Waals surface area contributed by atoms with Crippen LogP contribution >= 0.6 is 0 Å². The molecule has 1 aliphatic heterocycles. The lowest BCUT2D eigenvalue weighted by atomic mass is 10.0. The van der Waals surface area contributed by atoms with Crippen LogP contribution in [0.25, 0.3) is 11.0 Å². The second-order valence-corrected chi connectivity index (χ2v) is 8.32. The topological polar surface area (TPSA) is 61.1 Å². The van der Waals surface area contributed by atoms with Crippen molar-refractivity contribution < 1.29 is 18.6 Å². The van der Waals surface area contributed by atoms with Crippen molar-refractivity contribution in [3.05, 3.63) is 93.8 Å². The third kappa shape index (κ3) is 4.01. The number of benzene rings is 3. The van der Waals surface area contributed by atoms with E-state index < -0.39 is 0 Å². The Kier molecular flexibility index (Phi) is 5.99. The van der Waals surface area contributed by atoms with Gasteiger partial charge >= 0.3 is 0 Å². The Bertz CT molecular complexity index is 1380. The van der Waals surface area contributed by atoms with Crippen LogP contribution in [0.1, 0.15) is 36.8 Å². The van der Waals surface area contributed by atoms with Gasteiger partial charge in [0, 0.05) is 12.6 Å². The van der Waals surface area contributed by atoms with Gasteiger partial charge in [0.25, 0.3) is 0 Å². The van der Waals surface area contributed by atoms with Crippen LogP contribution in [0.4, 0.5) is 0 Å². The molecule has 1 aromatic heterocycles. The van der Waals surface area contributed by atoms with Gasteiger partial charge in [-0.1, -0.05) is 42.5 Å². The molecule has 0 amide bonds. The second-order valence-electron chi connectivity index (χ2n) is 8.32. The molecule has 0 N–H and O–H groups in total. The van der Waals surface area contributed by atoms with Crippen LogP contribution in [0.15, 0.2) is 75.9 Å². The first-order chi connectivity index (χ1) is 16.6. The maximum Gasteiger partial charge on any atom is 0.235 e. The van der Waals surface area contributed by atoms with Gasteiger partial charge in [0.05, 0.1) is 17.6 Å². The summed E-state index contributed by atoms with van der Waals surface area (Å²) in [4.78, 5) is 15.7. The van der Waals surface area contributed by atoms with Gasteiger partial charge in [-0.3, -0.25) is 9.69 Å². The SMILES string of the molecule is CCOc1ccccc1Oc1c(C)oc2c3c(ccc2c1=O)OCN(C(C)c1ccccc1)C3. The van der Waals surface area contributed by atoms with Crippen LogP contribution in [0.3, 0.4) is 0 Å². The fourth-order valence-electron chi connectivity index (χ4n) is 4.30. The van der Waals surface area contributed by atoms with E-state index in [4.69, 9.17) is 18.6 Å². The predicted molar refractivity (Wildman–Crippen MR) is 131 cm³/mol. The summed E-state index contributed by atoms with van der Waals surface area (Å²) in [5, 5.41) is 0.464. The Morgan fingerprint density at radius 2 is 1.74 bits per heavy atom. The van der Waals surface area contributed by atoms with Crippen LogP contribution in [0.2, 0.25) is 0 Å². The van der Waals surface area contributed by atoms with Gasteiger partial charge in [-0.15, -0.1) is 0 Å². The molecule has 1 atom stereocenters. The molecule has 2 heterocycles. The van der Waals surface area contributed by atoms with Gasteiger partial charge in [-0.05, 0) is 50.6 Å². The van der Waals surface area contributed by atoms with E-state index in [0.29, 0.717) is 48.1 Å². The lowest BCUT2D eigenvalue weighted by molar-refractivity contribution is 0.0620. The summed E-state index contributed by atoms with van der Waals surface area (Å²) in [6.45, 7) is 7.37.